The van der Waals surface area contributed by atoms with Crippen molar-refractivity contribution in [1.29, 1.82) is 0 Å². The number of benzene rings is 2. The molecule has 0 fully saturated rings. The molecular weight excluding hydrogens is 417 g/mol. The van der Waals surface area contributed by atoms with Gasteiger partial charge in [-0.15, -0.1) is 0 Å². The van der Waals surface area contributed by atoms with Crippen molar-refractivity contribution in [2.45, 2.75) is 31.9 Å². The number of anilines is 1. The van der Waals surface area contributed by atoms with Crippen LogP contribution in [0.25, 0.3) is 0 Å². The van der Waals surface area contributed by atoms with Crippen molar-refractivity contribution in [3.05, 3.63) is 65.7 Å². The molecule has 0 heterocycles. The number of sulfonamides is 1. The Labute approximate surface area is 175 Å². The molecular formula is C21H25F3N2O3S. The van der Waals surface area contributed by atoms with Gasteiger partial charge in [-0.05, 0) is 30.0 Å². The second kappa shape index (κ2) is 9.97. The second-order valence-electron chi connectivity index (χ2n) is 7.07. The molecule has 0 spiro atoms. The van der Waals surface area contributed by atoms with Crippen LogP contribution in [-0.2, 0) is 21.0 Å². The number of hydrogen-bond acceptors (Lipinski definition) is 3. The summed E-state index contributed by atoms with van der Waals surface area (Å²) in [6, 6.07) is 14.1. The first-order chi connectivity index (χ1) is 14.0. The van der Waals surface area contributed by atoms with Crippen molar-refractivity contribution in [2.24, 2.45) is 0 Å². The van der Waals surface area contributed by atoms with Gasteiger partial charge in [0.15, 0.2) is 0 Å². The van der Waals surface area contributed by atoms with E-state index in [0.717, 1.165) is 24.0 Å². The highest BCUT2D eigenvalue weighted by atomic mass is 32.2. The van der Waals surface area contributed by atoms with Gasteiger partial charge in [-0.1, -0.05) is 49.4 Å². The van der Waals surface area contributed by atoms with Crippen LogP contribution in [0.5, 0.6) is 0 Å². The zero-order chi connectivity index (χ0) is 22.4. The Balaban J connectivity index is 1.97. The van der Waals surface area contributed by atoms with E-state index in [4.69, 9.17) is 0 Å². The Bertz CT molecular complexity index is 947. The quantitative estimate of drug-likeness (QED) is 0.634. The normalized spacial score (nSPS) is 13.0. The van der Waals surface area contributed by atoms with Crippen LogP contribution in [0.2, 0.25) is 0 Å². The third kappa shape index (κ3) is 6.76. The summed E-state index contributed by atoms with van der Waals surface area (Å²) < 4.78 is 64.8. The standard InChI is InChI=1S/C21H25F3N2O3S/c1-16(17-9-4-3-5-10-17)15-25-20(27)13-8-14-26(30(2,28)29)19-12-7-6-11-18(19)21(22,23)24/h3-7,9-12,16H,8,13-15H2,1-2H3,(H,25,27)/t16-/m0/s1. The maximum Gasteiger partial charge on any atom is 0.418 e. The number of hydrogen-bond donors (Lipinski definition) is 1. The third-order valence-corrected chi connectivity index (χ3v) is 5.80. The number of amides is 1. The molecule has 0 saturated carbocycles. The zero-order valence-corrected chi connectivity index (χ0v) is 17.6. The Morgan fingerprint density at radius 1 is 1.07 bits per heavy atom. The van der Waals surface area contributed by atoms with Gasteiger partial charge in [-0.3, -0.25) is 9.10 Å². The fraction of sp³-hybridized carbons (Fsp3) is 0.381. The molecule has 0 bridgehead atoms. The van der Waals surface area contributed by atoms with Gasteiger partial charge in [0, 0.05) is 19.5 Å². The number of nitrogens with zero attached hydrogens (tertiary/aromatic N) is 1. The predicted molar refractivity (Wildman–Crippen MR) is 111 cm³/mol. The Hall–Kier alpha value is -2.55. The molecule has 0 unspecified atom stereocenters. The minimum absolute atomic E-state index is 0.00170. The second-order valence-corrected chi connectivity index (χ2v) is 8.98. The molecule has 2 aromatic carbocycles. The van der Waals surface area contributed by atoms with E-state index in [2.05, 4.69) is 5.32 Å². The van der Waals surface area contributed by atoms with E-state index in [9.17, 15) is 26.4 Å². The molecule has 0 aliphatic carbocycles. The van der Waals surface area contributed by atoms with Gasteiger partial charge >= 0.3 is 6.18 Å². The van der Waals surface area contributed by atoms with Gasteiger partial charge in [0.2, 0.25) is 15.9 Å². The molecule has 164 valence electrons. The first kappa shape index (κ1) is 23.7. The van der Waals surface area contributed by atoms with Crippen molar-refractivity contribution in [1.82, 2.24) is 5.32 Å². The number of rotatable bonds is 9. The molecule has 1 atom stereocenters. The lowest BCUT2D eigenvalue weighted by atomic mass is 10.0. The molecule has 0 aliphatic rings. The smallest absolute Gasteiger partial charge is 0.356 e. The first-order valence-electron chi connectivity index (χ1n) is 9.45. The van der Waals surface area contributed by atoms with Crippen LogP contribution in [0.15, 0.2) is 54.6 Å². The lowest BCUT2D eigenvalue weighted by Gasteiger charge is -2.25. The first-order valence-corrected chi connectivity index (χ1v) is 11.3. The number of halogens is 3. The van der Waals surface area contributed by atoms with E-state index in [0.29, 0.717) is 10.8 Å². The van der Waals surface area contributed by atoms with Crippen LogP contribution in [-0.4, -0.2) is 33.7 Å². The molecule has 0 radical (unpaired) electrons. The summed E-state index contributed by atoms with van der Waals surface area (Å²) in [7, 11) is -3.96. The fourth-order valence-electron chi connectivity index (χ4n) is 3.03. The molecule has 2 aromatic rings. The molecule has 9 heteroatoms. The molecule has 0 aliphatic heterocycles. The van der Waals surface area contributed by atoms with Crippen LogP contribution in [0.3, 0.4) is 0 Å². The average Bonchev–Trinajstić information content (AvgIpc) is 2.68. The topological polar surface area (TPSA) is 66.5 Å². The van der Waals surface area contributed by atoms with E-state index in [-0.39, 0.29) is 31.2 Å². The average molecular weight is 443 g/mol. The van der Waals surface area contributed by atoms with Gasteiger partial charge in [-0.2, -0.15) is 13.2 Å². The minimum Gasteiger partial charge on any atom is -0.356 e. The van der Waals surface area contributed by atoms with Gasteiger partial charge < -0.3 is 5.32 Å². The van der Waals surface area contributed by atoms with Gasteiger partial charge in [0.25, 0.3) is 0 Å². The molecule has 30 heavy (non-hydrogen) atoms. The van der Waals surface area contributed by atoms with E-state index in [1.165, 1.54) is 12.1 Å². The van der Waals surface area contributed by atoms with Gasteiger partial charge in [0.05, 0.1) is 17.5 Å². The third-order valence-electron chi connectivity index (χ3n) is 4.62. The predicted octanol–water partition coefficient (Wildman–Crippen LogP) is 4.17. The lowest BCUT2D eigenvalue weighted by molar-refractivity contribution is -0.137. The Kier molecular flexibility index (Phi) is 7.89. The van der Waals surface area contributed by atoms with Gasteiger partial charge in [0.1, 0.15) is 0 Å². The van der Waals surface area contributed by atoms with Crippen LogP contribution in [0, 0.1) is 0 Å². The highest BCUT2D eigenvalue weighted by Gasteiger charge is 2.36. The number of carbonyl (C=O) groups is 1. The highest BCUT2D eigenvalue weighted by Crippen LogP contribution is 2.37. The van der Waals surface area contributed by atoms with Crippen molar-refractivity contribution in [3.8, 4) is 0 Å². The minimum atomic E-state index is -4.69. The van der Waals surface area contributed by atoms with Crippen LogP contribution >= 0.6 is 0 Å². The summed E-state index contributed by atoms with van der Waals surface area (Å²) in [5.41, 5.74) is -0.396. The number of para-hydroxylation sites is 1. The summed E-state index contributed by atoms with van der Waals surface area (Å²) >= 11 is 0. The van der Waals surface area contributed by atoms with Crippen molar-refractivity contribution < 1.29 is 26.4 Å². The van der Waals surface area contributed by atoms with Crippen molar-refractivity contribution >= 4 is 21.6 Å². The van der Waals surface area contributed by atoms with Crippen LogP contribution in [0.4, 0.5) is 18.9 Å². The molecule has 0 saturated heterocycles. The Morgan fingerprint density at radius 3 is 2.27 bits per heavy atom. The molecule has 5 nitrogen and oxygen atoms in total. The molecule has 1 amide bonds. The lowest BCUT2D eigenvalue weighted by Crippen LogP contribution is -2.34. The summed E-state index contributed by atoms with van der Waals surface area (Å²) in [6.07, 6.45) is -3.75. The molecule has 0 aromatic heterocycles. The SMILES string of the molecule is C[C@@H](CNC(=O)CCCN(c1ccccc1C(F)(F)F)S(C)(=O)=O)c1ccccc1. The van der Waals surface area contributed by atoms with Gasteiger partial charge in [-0.25, -0.2) is 8.42 Å². The van der Waals surface area contributed by atoms with E-state index >= 15 is 0 Å². The summed E-state index contributed by atoms with van der Waals surface area (Å²) in [6.45, 7) is 2.15. The van der Waals surface area contributed by atoms with E-state index < -0.39 is 27.5 Å². The largest absolute Gasteiger partial charge is 0.418 e. The molecule has 2 rings (SSSR count). The maximum absolute atomic E-state index is 13.3. The summed E-state index contributed by atoms with van der Waals surface area (Å²) in [5, 5.41) is 2.78. The zero-order valence-electron chi connectivity index (χ0n) is 16.8. The summed E-state index contributed by atoms with van der Waals surface area (Å²) in [4.78, 5) is 12.1. The molecule has 1 N–H and O–H groups in total. The van der Waals surface area contributed by atoms with Crippen LogP contribution in [0.1, 0.15) is 36.8 Å². The van der Waals surface area contributed by atoms with Crippen molar-refractivity contribution in [2.75, 3.05) is 23.7 Å². The monoisotopic (exact) mass is 442 g/mol. The summed E-state index contributed by atoms with van der Waals surface area (Å²) in [5.74, 6) is -0.184. The van der Waals surface area contributed by atoms with E-state index in [1.54, 1.807) is 0 Å². The number of carbonyl (C=O) groups excluding carboxylic acids is 1. The van der Waals surface area contributed by atoms with Crippen LogP contribution < -0.4 is 9.62 Å². The highest BCUT2D eigenvalue weighted by molar-refractivity contribution is 7.92. The number of nitrogens with one attached hydrogen (secondary N) is 1. The van der Waals surface area contributed by atoms with E-state index in [1.807, 2.05) is 37.3 Å². The number of alkyl halides is 3. The Morgan fingerprint density at radius 2 is 1.67 bits per heavy atom. The van der Waals surface area contributed by atoms with Crippen molar-refractivity contribution in [3.63, 3.8) is 0 Å². The maximum atomic E-state index is 13.3. The fourth-order valence-corrected chi connectivity index (χ4v) is 4.01.